The molecule has 1 fully saturated rings. The molecule has 0 aliphatic carbocycles. The van der Waals surface area contributed by atoms with E-state index in [-0.39, 0.29) is 25.2 Å². The van der Waals surface area contributed by atoms with Crippen LogP contribution in [0.25, 0.3) is 0 Å². The highest BCUT2D eigenvalue weighted by atomic mass is 31.2. The molecule has 136 valence electrons. The summed E-state index contributed by atoms with van der Waals surface area (Å²) in [6.45, 7) is 16.2. The molecule has 1 unspecified atom stereocenters. The van der Waals surface area contributed by atoms with Crippen LogP contribution in [0.3, 0.4) is 0 Å². The molecule has 1 heterocycles. The van der Waals surface area contributed by atoms with Crippen LogP contribution in [-0.2, 0) is 14.0 Å². The van der Waals surface area contributed by atoms with Gasteiger partial charge in [0.05, 0.1) is 24.9 Å². The van der Waals surface area contributed by atoms with E-state index in [0.29, 0.717) is 18.7 Å². The molecule has 0 amide bonds. The summed E-state index contributed by atoms with van der Waals surface area (Å²) in [5.74, 6) is 0. The molecule has 0 aromatic rings. The number of hydrogen-bond donors (Lipinski definition) is 0. The molecule has 0 radical (unpaired) electrons. The molecule has 1 rings (SSSR count). The molecule has 5 heteroatoms. The molecule has 4 atom stereocenters. The van der Waals surface area contributed by atoms with Crippen molar-refractivity contribution in [2.45, 2.75) is 84.8 Å². The molecule has 0 N–H and O–H groups in total. The van der Waals surface area contributed by atoms with Gasteiger partial charge in [-0.1, -0.05) is 6.08 Å². The van der Waals surface area contributed by atoms with Gasteiger partial charge in [-0.2, -0.15) is 0 Å². The fraction of sp³-hybridized carbons (Fsp3) is 0.889. The summed E-state index contributed by atoms with van der Waals surface area (Å²) in [4.78, 5) is 0. The lowest BCUT2D eigenvalue weighted by atomic mass is 10.2. The Morgan fingerprint density at radius 2 is 2.09 bits per heavy atom. The summed E-state index contributed by atoms with van der Waals surface area (Å²) in [5, 5.41) is 0. The van der Waals surface area contributed by atoms with Crippen molar-refractivity contribution in [2.75, 3.05) is 19.4 Å². The minimum absolute atomic E-state index is 0.0395. The molecule has 0 spiro atoms. The first-order valence-electron chi connectivity index (χ1n) is 9.47. The normalized spacial score (nSPS) is 27.0. The third-order valence-electron chi connectivity index (χ3n) is 3.83. The van der Waals surface area contributed by atoms with Crippen LogP contribution in [0.1, 0.15) is 55.7 Å². The third kappa shape index (κ3) is 7.19. The van der Waals surface area contributed by atoms with Gasteiger partial charge in [-0.3, -0.25) is 4.67 Å². The van der Waals surface area contributed by atoms with Crippen molar-refractivity contribution in [1.29, 1.82) is 0 Å². The highest BCUT2D eigenvalue weighted by Gasteiger charge is 2.35. The predicted octanol–water partition coefficient (Wildman–Crippen LogP) is 4.59. The maximum atomic E-state index is 7.71. The lowest BCUT2D eigenvalue weighted by Gasteiger charge is -2.39. The topological polar surface area (TPSA) is 30.9 Å². The second-order valence-corrected chi connectivity index (χ2v) is 8.55. The van der Waals surface area contributed by atoms with E-state index >= 15 is 0 Å². The van der Waals surface area contributed by atoms with E-state index in [4.69, 9.17) is 15.4 Å². The van der Waals surface area contributed by atoms with Crippen molar-refractivity contribution >= 4 is 8.30 Å². The summed E-state index contributed by atoms with van der Waals surface area (Å²) >= 11 is 0. The van der Waals surface area contributed by atoms with E-state index in [1.807, 2.05) is 0 Å². The van der Waals surface area contributed by atoms with E-state index in [0.717, 1.165) is 25.6 Å². The second kappa shape index (κ2) is 10.8. The van der Waals surface area contributed by atoms with Crippen LogP contribution in [0, 0.1) is 0 Å². The summed E-state index contributed by atoms with van der Waals surface area (Å²) in [5.41, 5.74) is 0. The van der Waals surface area contributed by atoms with Gasteiger partial charge >= 0.3 is 0 Å². The first kappa shape index (κ1) is 19.3. The van der Waals surface area contributed by atoms with Crippen molar-refractivity contribution < 1.29 is 15.4 Å². The Balaban J connectivity index is 2.70. The molecule has 4 nitrogen and oxygen atoms in total. The Bertz CT molecular complexity index is 349. The van der Waals surface area contributed by atoms with Crippen LogP contribution in [0.5, 0.6) is 0 Å². The molecular weight excluding hydrogens is 309 g/mol. The van der Waals surface area contributed by atoms with Gasteiger partial charge in [0, 0.05) is 32.6 Å². The van der Waals surface area contributed by atoms with Gasteiger partial charge in [0.2, 0.25) is 0 Å². The fourth-order valence-corrected chi connectivity index (χ4v) is 5.40. The predicted molar refractivity (Wildman–Crippen MR) is 99.0 cm³/mol. The zero-order valence-corrected chi connectivity index (χ0v) is 16.4. The van der Waals surface area contributed by atoms with E-state index in [1.54, 1.807) is 6.08 Å². The Morgan fingerprint density at radius 3 is 2.65 bits per heavy atom. The Morgan fingerprint density at radius 1 is 1.39 bits per heavy atom. The van der Waals surface area contributed by atoms with Crippen molar-refractivity contribution in [3.63, 3.8) is 0 Å². The third-order valence-corrected chi connectivity index (χ3v) is 6.48. The maximum absolute atomic E-state index is 7.71. The van der Waals surface area contributed by atoms with Crippen LogP contribution >= 0.6 is 8.30 Å². The Hall–Kier alpha value is 0.01000. The van der Waals surface area contributed by atoms with Crippen LogP contribution in [0.2, 0.25) is 0 Å². The van der Waals surface area contributed by atoms with Gasteiger partial charge in [0.15, 0.2) is 0 Å². The fourth-order valence-electron chi connectivity index (χ4n) is 2.99. The highest BCUT2D eigenvalue weighted by Crippen LogP contribution is 2.48. The van der Waals surface area contributed by atoms with Crippen molar-refractivity contribution in [3.05, 3.63) is 12.7 Å². The summed E-state index contributed by atoms with van der Waals surface area (Å²) in [6, 6.07) is 0.860. The van der Waals surface area contributed by atoms with Crippen molar-refractivity contribution in [3.8, 4) is 0 Å². The lowest BCUT2D eigenvalue weighted by Crippen LogP contribution is -2.35. The van der Waals surface area contributed by atoms with Crippen LogP contribution in [0.4, 0.5) is 0 Å². The second-order valence-electron chi connectivity index (χ2n) is 6.73. The van der Waals surface area contributed by atoms with Gasteiger partial charge in [-0.05, 0) is 47.9 Å². The molecule has 0 aromatic heterocycles. The Labute approximate surface area is 145 Å². The molecule has 0 saturated carbocycles. The minimum Gasteiger partial charge on any atom is -0.377 e. The van der Waals surface area contributed by atoms with Gasteiger partial charge in [-0.15, -0.1) is 6.58 Å². The van der Waals surface area contributed by atoms with E-state index < -0.39 is 8.30 Å². The van der Waals surface area contributed by atoms with Crippen molar-refractivity contribution in [2.24, 2.45) is 0 Å². The highest BCUT2D eigenvalue weighted by molar-refractivity contribution is 7.50. The minimum atomic E-state index is -0.722. The average molecular weight is 346 g/mol. The van der Waals surface area contributed by atoms with Crippen LogP contribution in [0.15, 0.2) is 12.7 Å². The standard InChI is InChI=1S/C18H36NO3P/c1-8-10-20-11-9-12-23(19(14(2)3)15(4)5)22-18-13-16(6)21-17(18)7/h8,14-18H,1,9-13H2,2-7H3/t16-,17+,18+,23?/m0/s1/i7D. The number of nitrogens with zero attached hydrogens (tertiary/aromatic N) is 1. The first-order valence-corrected chi connectivity index (χ1v) is 10.2. The summed E-state index contributed by atoms with van der Waals surface area (Å²) < 4.78 is 28.1. The van der Waals surface area contributed by atoms with Gasteiger partial charge in [0.25, 0.3) is 0 Å². The maximum Gasteiger partial charge on any atom is 0.105 e. The zero-order chi connectivity index (χ0) is 18.1. The zero-order valence-electron chi connectivity index (χ0n) is 16.5. The molecule has 0 aromatic carbocycles. The van der Waals surface area contributed by atoms with E-state index in [1.165, 1.54) is 0 Å². The molecule has 1 aliphatic heterocycles. The van der Waals surface area contributed by atoms with Gasteiger partial charge in [0.1, 0.15) is 8.30 Å². The van der Waals surface area contributed by atoms with Crippen LogP contribution in [-0.4, -0.2) is 54.4 Å². The van der Waals surface area contributed by atoms with Crippen LogP contribution < -0.4 is 0 Å². The quantitative estimate of drug-likeness (QED) is 0.311. The average Bonchev–Trinajstić information content (AvgIpc) is 2.85. The SMILES string of the molecule is [2H]C[C@H]1O[C@@H](C)C[C@H]1OP(CCCOCC=C)N(C(C)C)C(C)C. The summed E-state index contributed by atoms with van der Waals surface area (Å²) in [6.07, 6.45) is 4.76. The molecule has 23 heavy (non-hydrogen) atoms. The molecular formula is C18H36NO3P. The van der Waals surface area contributed by atoms with Gasteiger partial charge in [-0.25, -0.2) is 0 Å². The molecule has 1 saturated heterocycles. The molecule has 0 bridgehead atoms. The van der Waals surface area contributed by atoms with Gasteiger partial charge < -0.3 is 14.0 Å². The number of rotatable bonds is 11. The van der Waals surface area contributed by atoms with Crippen molar-refractivity contribution in [1.82, 2.24) is 4.67 Å². The van der Waals surface area contributed by atoms with E-state index in [2.05, 4.69) is 45.9 Å². The van der Waals surface area contributed by atoms with E-state index in [9.17, 15) is 0 Å². The molecule has 1 aliphatic rings. The lowest BCUT2D eigenvalue weighted by molar-refractivity contribution is 0.0360. The summed E-state index contributed by atoms with van der Waals surface area (Å²) in [7, 11) is -0.722. The monoisotopic (exact) mass is 346 g/mol. The number of hydrogen-bond acceptors (Lipinski definition) is 4. The first-order chi connectivity index (χ1) is 11.4. The number of ether oxygens (including phenoxy) is 2. The Kier molecular flexibility index (Phi) is 9.07. The smallest absolute Gasteiger partial charge is 0.105 e. The largest absolute Gasteiger partial charge is 0.377 e.